The summed E-state index contributed by atoms with van der Waals surface area (Å²) in [6.45, 7) is 2.34. The van der Waals surface area contributed by atoms with Crippen LogP contribution in [-0.4, -0.2) is 12.1 Å². The van der Waals surface area contributed by atoms with E-state index < -0.39 is 11.7 Å². The van der Waals surface area contributed by atoms with Gasteiger partial charge in [-0.25, -0.2) is 4.79 Å². The Bertz CT molecular complexity index is 499. The van der Waals surface area contributed by atoms with Crippen LogP contribution in [0.5, 0.6) is 0 Å². The van der Waals surface area contributed by atoms with Crippen molar-refractivity contribution in [2.24, 2.45) is 5.92 Å². The van der Waals surface area contributed by atoms with Crippen molar-refractivity contribution in [1.82, 2.24) is 10.6 Å². The van der Waals surface area contributed by atoms with Crippen molar-refractivity contribution in [1.29, 1.82) is 0 Å². The molecule has 0 radical (unpaired) electrons. The van der Waals surface area contributed by atoms with Gasteiger partial charge in [0.15, 0.2) is 0 Å². The van der Waals surface area contributed by atoms with Gasteiger partial charge in [0, 0.05) is 12.6 Å². The van der Waals surface area contributed by atoms with Gasteiger partial charge in [-0.15, -0.1) is 0 Å². The maximum Gasteiger partial charge on any atom is 0.416 e. The molecule has 0 aromatic heterocycles. The lowest BCUT2D eigenvalue weighted by molar-refractivity contribution is -0.137. The number of rotatable bonds is 3. The summed E-state index contributed by atoms with van der Waals surface area (Å²) in [5.41, 5.74) is -0.0448. The number of hydrogen-bond donors (Lipinski definition) is 2. The van der Waals surface area contributed by atoms with Crippen molar-refractivity contribution >= 4 is 6.03 Å². The predicted molar refractivity (Wildman–Crippen MR) is 78.2 cm³/mol. The molecule has 1 aliphatic rings. The molecule has 1 aromatic carbocycles. The van der Waals surface area contributed by atoms with E-state index in [1.807, 2.05) is 0 Å². The van der Waals surface area contributed by atoms with Gasteiger partial charge in [-0.3, -0.25) is 0 Å². The van der Waals surface area contributed by atoms with Gasteiger partial charge in [0.2, 0.25) is 0 Å². The Balaban J connectivity index is 1.81. The van der Waals surface area contributed by atoms with Gasteiger partial charge in [0.1, 0.15) is 0 Å². The summed E-state index contributed by atoms with van der Waals surface area (Å²) in [5, 5.41) is 5.64. The monoisotopic (exact) mass is 314 g/mol. The molecule has 2 atom stereocenters. The summed E-state index contributed by atoms with van der Waals surface area (Å²) >= 11 is 0. The second kappa shape index (κ2) is 7.03. The quantitative estimate of drug-likeness (QED) is 0.867. The zero-order chi connectivity index (χ0) is 16.2. The summed E-state index contributed by atoms with van der Waals surface area (Å²) in [7, 11) is 0. The molecule has 1 fully saturated rings. The van der Waals surface area contributed by atoms with Crippen LogP contribution in [0, 0.1) is 5.92 Å². The van der Waals surface area contributed by atoms with Crippen molar-refractivity contribution < 1.29 is 18.0 Å². The number of halogens is 3. The second-order valence-corrected chi connectivity index (χ2v) is 5.89. The van der Waals surface area contributed by atoms with Crippen molar-refractivity contribution in [3.05, 3.63) is 35.4 Å². The maximum absolute atomic E-state index is 12.5. The highest BCUT2D eigenvalue weighted by Gasteiger charge is 2.30. The number of carbonyl (C=O) groups is 1. The first-order valence-electron chi connectivity index (χ1n) is 7.57. The molecule has 1 aliphatic carbocycles. The molecular formula is C16H21F3N2O. The van der Waals surface area contributed by atoms with E-state index in [-0.39, 0.29) is 18.6 Å². The summed E-state index contributed by atoms with van der Waals surface area (Å²) < 4.78 is 37.4. The normalized spacial score (nSPS) is 22.2. The SMILES string of the molecule is C[C@@H]1CCCC[C@@H]1NC(=O)NCc1ccc(C(F)(F)F)cc1. The minimum absolute atomic E-state index is 0.182. The lowest BCUT2D eigenvalue weighted by Gasteiger charge is -2.29. The third-order valence-electron chi connectivity index (χ3n) is 4.16. The van der Waals surface area contributed by atoms with Crippen LogP contribution in [0.15, 0.2) is 24.3 Å². The third kappa shape index (κ3) is 4.64. The van der Waals surface area contributed by atoms with E-state index in [1.54, 1.807) is 0 Å². The van der Waals surface area contributed by atoms with Gasteiger partial charge in [-0.05, 0) is 36.5 Å². The van der Waals surface area contributed by atoms with Crippen LogP contribution in [0.25, 0.3) is 0 Å². The third-order valence-corrected chi connectivity index (χ3v) is 4.16. The van der Waals surface area contributed by atoms with Crippen LogP contribution < -0.4 is 10.6 Å². The van der Waals surface area contributed by atoms with Crippen molar-refractivity contribution in [3.8, 4) is 0 Å². The van der Waals surface area contributed by atoms with E-state index in [0.29, 0.717) is 11.5 Å². The Kier molecular flexibility index (Phi) is 5.32. The minimum atomic E-state index is -4.33. The molecule has 0 saturated heterocycles. The first-order valence-corrected chi connectivity index (χ1v) is 7.57. The average molecular weight is 314 g/mol. The first-order chi connectivity index (χ1) is 10.4. The van der Waals surface area contributed by atoms with Crippen molar-refractivity contribution in [3.63, 3.8) is 0 Å². The number of urea groups is 1. The highest BCUT2D eigenvalue weighted by Crippen LogP contribution is 2.29. The van der Waals surface area contributed by atoms with Crippen LogP contribution in [0.3, 0.4) is 0 Å². The van der Waals surface area contributed by atoms with Gasteiger partial charge in [0.25, 0.3) is 0 Å². The fraction of sp³-hybridized carbons (Fsp3) is 0.562. The fourth-order valence-electron chi connectivity index (χ4n) is 2.74. The van der Waals surface area contributed by atoms with Crippen LogP contribution in [-0.2, 0) is 12.7 Å². The number of hydrogen-bond acceptors (Lipinski definition) is 1. The smallest absolute Gasteiger partial charge is 0.335 e. The van der Waals surface area contributed by atoms with Crippen LogP contribution in [0.2, 0.25) is 0 Å². The lowest BCUT2D eigenvalue weighted by atomic mass is 9.86. The van der Waals surface area contributed by atoms with E-state index in [2.05, 4.69) is 17.6 Å². The molecular weight excluding hydrogens is 293 g/mol. The molecule has 0 bridgehead atoms. The predicted octanol–water partition coefficient (Wildman–Crippen LogP) is 4.08. The second-order valence-electron chi connectivity index (χ2n) is 5.89. The van der Waals surface area contributed by atoms with Crippen LogP contribution in [0.1, 0.15) is 43.7 Å². The van der Waals surface area contributed by atoms with Crippen molar-refractivity contribution in [2.45, 2.75) is 51.4 Å². The molecule has 1 aromatic rings. The molecule has 0 unspecified atom stereocenters. The van der Waals surface area contributed by atoms with E-state index >= 15 is 0 Å². The molecule has 1 saturated carbocycles. The molecule has 122 valence electrons. The van der Waals surface area contributed by atoms with E-state index in [1.165, 1.54) is 18.6 Å². The topological polar surface area (TPSA) is 41.1 Å². The van der Waals surface area contributed by atoms with E-state index in [4.69, 9.17) is 0 Å². The number of amides is 2. The Morgan fingerprint density at radius 3 is 2.41 bits per heavy atom. The molecule has 0 aliphatic heterocycles. The van der Waals surface area contributed by atoms with Gasteiger partial charge in [-0.1, -0.05) is 31.9 Å². The van der Waals surface area contributed by atoms with E-state index in [0.717, 1.165) is 31.4 Å². The van der Waals surface area contributed by atoms with Gasteiger partial charge < -0.3 is 10.6 Å². The highest BCUT2D eigenvalue weighted by molar-refractivity contribution is 5.74. The summed E-state index contributed by atoms with van der Waals surface area (Å²) in [6.07, 6.45) is 0.0832. The molecule has 0 spiro atoms. The standard InChI is InChI=1S/C16H21F3N2O/c1-11-4-2-3-5-14(11)21-15(22)20-10-12-6-8-13(9-7-12)16(17,18)19/h6-9,11,14H,2-5,10H2,1H3,(H2,20,21,22)/t11-,14+/m1/s1. The molecule has 2 N–H and O–H groups in total. The maximum atomic E-state index is 12.5. The van der Waals surface area contributed by atoms with Gasteiger partial charge >= 0.3 is 12.2 Å². The molecule has 22 heavy (non-hydrogen) atoms. The Hall–Kier alpha value is -1.72. The molecule has 2 amide bonds. The molecule has 6 heteroatoms. The lowest BCUT2D eigenvalue weighted by Crippen LogP contribution is -2.45. The Morgan fingerprint density at radius 2 is 1.82 bits per heavy atom. The van der Waals surface area contributed by atoms with Crippen LogP contribution in [0.4, 0.5) is 18.0 Å². The number of alkyl halides is 3. The van der Waals surface area contributed by atoms with Gasteiger partial charge in [0.05, 0.1) is 5.56 Å². The average Bonchev–Trinajstić information content (AvgIpc) is 2.47. The van der Waals surface area contributed by atoms with Crippen LogP contribution >= 0.6 is 0 Å². The number of nitrogens with one attached hydrogen (secondary N) is 2. The molecule has 0 heterocycles. The minimum Gasteiger partial charge on any atom is -0.335 e. The number of benzene rings is 1. The molecule has 2 rings (SSSR count). The Labute approximate surface area is 128 Å². The molecule has 3 nitrogen and oxygen atoms in total. The fourth-order valence-corrected chi connectivity index (χ4v) is 2.74. The summed E-state index contributed by atoms with van der Waals surface area (Å²) in [4.78, 5) is 11.9. The first kappa shape index (κ1) is 16.6. The van der Waals surface area contributed by atoms with E-state index in [9.17, 15) is 18.0 Å². The van der Waals surface area contributed by atoms with Gasteiger partial charge in [-0.2, -0.15) is 13.2 Å². The highest BCUT2D eigenvalue weighted by atomic mass is 19.4. The number of carbonyl (C=O) groups excluding carboxylic acids is 1. The summed E-state index contributed by atoms with van der Waals surface area (Å²) in [5.74, 6) is 0.463. The Morgan fingerprint density at radius 1 is 1.18 bits per heavy atom. The zero-order valence-corrected chi connectivity index (χ0v) is 12.5. The summed E-state index contributed by atoms with van der Waals surface area (Å²) in [6, 6.07) is 4.73. The largest absolute Gasteiger partial charge is 0.416 e. The van der Waals surface area contributed by atoms with Crippen molar-refractivity contribution in [2.75, 3.05) is 0 Å². The zero-order valence-electron chi connectivity index (χ0n) is 12.5.